The van der Waals surface area contributed by atoms with Gasteiger partial charge in [0, 0.05) is 19.4 Å². The number of fused-ring (bicyclic) bond motifs is 1. The van der Waals surface area contributed by atoms with E-state index in [0.717, 1.165) is 0 Å². The number of sulfone groups is 1. The molecule has 2 rings (SSSR count). The van der Waals surface area contributed by atoms with Crippen molar-refractivity contribution in [3.05, 3.63) is 18.2 Å². The van der Waals surface area contributed by atoms with Gasteiger partial charge in [0.05, 0.1) is 16.3 Å². The van der Waals surface area contributed by atoms with Crippen LogP contribution in [0.3, 0.4) is 0 Å². The molecule has 1 aromatic heterocycles. The Bertz CT molecular complexity index is 679. The first-order chi connectivity index (χ1) is 8.95. The number of H-pyrrole nitrogens is 1. The maximum absolute atomic E-state index is 12.3. The Labute approximate surface area is 111 Å². The predicted molar refractivity (Wildman–Crippen MR) is 73.6 cm³/mol. The van der Waals surface area contributed by atoms with Crippen molar-refractivity contribution in [1.29, 1.82) is 0 Å². The second kappa shape index (κ2) is 5.18. The molecular formula is C12H17N3O3S. The second-order valence-electron chi connectivity index (χ2n) is 4.46. The van der Waals surface area contributed by atoms with Crippen LogP contribution in [0.5, 0.6) is 0 Å². The van der Waals surface area contributed by atoms with Crippen LogP contribution < -0.4 is 5.73 Å². The molecule has 0 radical (unpaired) electrons. The summed E-state index contributed by atoms with van der Waals surface area (Å²) in [5.74, 6) is 0. The van der Waals surface area contributed by atoms with Crippen LogP contribution in [-0.2, 0) is 14.6 Å². The Morgan fingerprint density at radius 1 is 1.47 bits per heavy atom. The minimum absolute atomic E-state index is 0.0169. The van der Waals surface area contributed by atoms with Crippen LogP contribution in [-0.4, -0.2) is 37.4 Å². The SMILES string of the molecule is COCCC(C)S(=O)(=O)c1nc2ccc(N)cc2[nH]1. The number of nitrogens with zero attached hydrogens (tertiary/aromatic N) is 1. The van der Waals surface area contributed by atoms with Gasteiger partial charge in [0.1, 0.15) is 0 Å². The quantitative estimate of drug-likeness (QED) is 0.807. The highest BCUT2D eigenvalue weighted by atomic mass is 32.2. The highest BCUT2D eigenvalue weighted by Gasteiger charge is 2.26. The lowest BCUT2D eigenvalue weighted by Crippen LogP contribution is -2.20. The van der Waals surface area contributed by atoms with Crippen LogP contribution in [0.15, 0.2) is 23.4 Å². The Kier molecular flexibility index (Phi) is 3.77. The molecule has 7 heteroatoms. The van der Waals surface area contributed by atoms with Gasteiger partial charge in [0.2, 0.25) is 15.0 Å². The first kappa shape index (κ1) is 13.8. The molecule has 1 unspecified atom stereocenters. The number of ether oxygens (including phenoxy) is 1. The molecule has 0 aliphatic heterocycles. The average molecular weight is 283 g/mol. The Hall–Kier alpha value is -1.60. The predicted octanol–water partition coefficient (Wildman–Crippen LogP) is 1.34. The van der Waals surface area contributed by atoms with Crippen LogP contribution in [0.2, 0.25) is 0 Å². The van der Waals surface area contributed by atoms with Crippen LogP contribution >= 0.6 is 0 Å². The lowest BCUT2D eigenvalue weighted by Gasteiger charge is -2.09. The minimum atomic E-state index is -3.47. The van der Waals surface area contributed by atoms with E-state index < -0.39 is 15.1 Å². The van der Waals surface area contributed by atoms with Crippen molar-refractivity contribution in [2.45, 2.75) is 23.8 Å². The summed E-state index contributed by atoms with van der Waals surface area (Å²) in [6.07, 6.45) is 0.429. The van der Waals surface area contributed by atoms with Gasteiger partial charge in [-0.3, -0.25) is 0 Å². The molecule has 0 amide bonds. The molecule has 6 nitrogen and oxygen atoms in total. The zero-order valence-corrected chi connectivity index (χ0v) is 11.7. The third kappa shape index (κ3) is 2.71. The number of nitrogens with one attached hydrogen (secondary N) is 1. The summed E-state index contributed by atoms with van der Waals surface area (Å²) < 4.78 is 29.5. The van der Waals surface area contributed by atoms with Crippen molar-refractivity contribution in [3.8, 4) is 0 Å². The summed E-state index contributed by atoms with van der Waals surface area (Å²) in [7, 11) is -1.93. The highest BCUT2D eigenvalue weighted by Crippen LogP contribution is 2.21. The number of aromatic nitrogens is 2. The summed E-state index contributed by atoms with van der Waals surface area (Å²) in [5.41, 5.74) is 7.43. The van der Waals surface area contributed by atoms with E-state index in [1.807, 2.05) is 0 Å². The van der Waals surface area contributed by atoms with E-state index >= 15 is 0 Å². The number of rotatable bonds is 5. The molecular weight excluding hydrogens is 266 g/mol. The molecule has 104 valence electrons. The van der Waals surface area contributed by atoms with E-state index in [-0.39, 0.29) is 5.16 Å². The molecule has 19 heavy (non-hydrogen) atoms. The Balaban J connectivity index is 2.37. The van der Waals surface area contributed by atoms with E-state index in [4.69, 9.17) is 10.5 Å². The Morgan fingerprint density at radius 2 is 2.21 bits per heavy atom. The van der Waals surface area contributed by atoms with Crippen molar-refractivity contribution in [2.75, 3.05) is 19.5 Å². The fourth-order valence-corrected chi connectivity index (χ4v) is 3.03. The zero-order chi connectivity index (χ0) is 14.0. The maximum Gasteiger partial charge on any atom is 0.226 e. The minimum Gasteiger partial charge on any atom is -0.399 e. The number of nitrogens with two attached hydrogens (primary N) is 1. The van der Waals surface area contributed by atoms with Gasteiger partial charge in [0.15, 0.2) is 0 Å². The van der Waals surface area contributed by atoms with Gasteiger partial charge in [-0.1, -0.05) is 0 Å². The molecule has 0 fully saturated rings. The Morgan fingerprint density at radius 3 is 2.89 bits per heavy atom. The van der Waals surface area contributed by atoms with Crippen LogP contribution in [0.4, 0.5) is 5.69 Å². The molecule has 0 bridgehead atoms. The van der Waals surface area contributed by atoms with E-state index in [1.165, 1.54) is 0 Å². The van der Waals surface area contributed by atoms with Crippen LogP contribution in [0, 0.1) is 0 Å². The van der Waals surface area contributed by atoms with Crippen molar-refractivity contribution < 1.29 is 13.2 Å². The average Bonchev–Trinajstić information content (AvgIpc) is 2.79. The number of imidazole rings is 1. The largest absolute Gasteiger partial charge is 0.399 e. The lowest BCUT2D eigenvalue weighted by molar-refractivity contribution is 0.194. The van der Waals surface area contributed by atoms with Crippen molar-refractivity contribution in [3.63, 3.8) is 0 Å². The number of aromatic amines is 1. The summed E-state index contributed by atoms with van der Waals surface area (Å²) in [6, 6.07) is 5.05. The normalized spacial score (nSPS) is 13.8. The zero-order valence-electron chi connectivity index (χ0n) is 10.9. The van der Waals surface area contributed by atoms with Gasteiger partial charge in [-0.25, -0.2) is 13.4 Å². The van der Waals surface area contributed by atoms with Gasteiger partial charge in [-0.05, 0) is 31.5 Å². The van der Waals surface area contributed by atoms with Crippen molar-refractivity contribution in [2.24, 2.45) is 0 Å². The number of methoxy groups -OCH3 is 1. The van der Waals surface area contributed by atoms with Gasteiger partial charge in [-0.15, -0.1) is 0 Å². The molecule has 0 spiro atoms. The van der Waals surface area contributed by atoms with Crippen molar-refractivity contribution in [1.82, 2.24) is 9.97 Å². The van der Waals surface area contributed by atoms with Crippen LogP contribution in [0.25, 0.3) is 11.0 Å². The maximum atomic E-state index is 12.3. The standard InChI is InChI=1S/C12H17N3O3S/c1-8(5-6-18-2)19(16,17)12-14-10-4-3-9(13)7-11(10)15-12/h3-4,7-8H,5-6,13H2,1-2H3,(H,14,15). The summed E-state index contributed by atoms with van der Waals surface area (Å²) >= 11 is 0. The molecule has 0 aliphatic carbocycles. The number of hydrogen-bond donors (Lipinski definition) is 2. The molecule has 1 aromatic carbocycles. The van der Waals surface area contributed by atoms with Gasteiger partial charge >= 0.3 is 0 Å². The fraction of sp³-hybridized carbons (Fsp3) is 0.417. The smallest absolute Gasteiger partial charge is 0.226 e. The van der Waals surface area contributed by atoms with Gasteiger partial charge in [-0.2, -0.15) is 0 Å². The summed E-state index contributed by atoms with van der Waals surface area (Å²) in [6.45, 7) is 2.05. The number of hydrogen-bond acceptors (Lipinski definition) is 5. The first-order valence-corrected chi connectivity index (χ1v) is 7.48. The monoisotopic (exact) mass is 283 g/mol. The van der Waals surface area contributed by atoms with Gasteiger partial charge in [0.25, 0.3) is 0 Å². The topological polar surface area (TPSA) is 98.1 Å². The molecule has 0 aliphatic rings. The number of benzene rings is 1. The van der Waals surface area contributed by atoms with E-state index in [1.54, 1.807) is 32.2 Å². The van der Waals surface area contributed by atoms with Crippen molar-refractivity contribution >= 4 is 26.6 Å². The molecule has 1 atom stereocenters. The van der Waals surface area contributed by atoms with E-state index in [9.17, 15) is 8.42 Å². The van der Waals surface area contributed by atoms with Gasteiger partial charge < -0.3 is 15.5 Å². The van der Waals surface area contributed by atoms with E-state index in [2.05, 4.69) is 9.97 Å². The third-order valence-electron chi connectivity index (χ3n) is 3.01. The lowest BCUT2D eigenvalue weighted by atomic mass is 10.3. The molecule has 3 N–H and O–H groups in total. The van der Waals surface area contributed by atoms with E-state index in [0.29, 0.717) is 29.7 Å². The second-order valence-corrected chi connectivity index (χ2v) is 6.74. The molecule has 1 heterocycles. The highest BCUT2D eigenvalue weighted by molar-refractivity contribution is 7.91. The fourth-order valence-electron chi connectivity index (χ4n) is 1.77. The number of nitrogen functional groups attached to an aromatic ring is 1. The summed E-state index contributed by atoms with van der Waals surface area (Å²) in [5, 5.41) is -0.568. The third-order valence-corrected chi connectivity index (χ3v) is 5.04. The number of anilines is 1. The molecule has 0 saturated heterocycles. The first-order valence-electron chi connectivity index (χ1n) is 5.93. The summed E-state index contributed by atoms with van der Waals surface area (Å²) in [4.78, 5) is 6.93. The molecule has 2 aromatic rings. The van der Waals surface area contributed by atoms with Crippen LogP contribution in [0.1, 0.15) is 13.3 Å². The molecule has 0 saturated carbocycles.